The lowest BCUT2D eigenvalue weighted by atomic mass is 9.74. The molecule has 2 amide bonds. The summed E-state index contributed by atoms with van der Waals surface area (Å²) in [5.74, 6) is -0.358. The fourth-order valence-electron chi connectivity index (χ4n) is 3.59. The second-order valence-electron chi connectivity index (χ2n) is 11.3. The highest BCUT2D eigenvalue weighted by Crippen LogP contribution is 2.38. The molecule has 7 nitrogen and oxygen atoms in total. The summed E-state index contributed by atoms with van der Waals surface area (Å²) < 4.78 is 17.8. The van der Waals surface area contributed by atoms with Crippen molar-refractivity contribution in [3.63, 3.8) is 0 Å². The van der Waals surface area contributed by atoms with Gasteiger partial charge in [-0.25, -0.2) is 4.79 Å². The quantitative estimate of drug-likeness (QED) is 0.566. The minimum atomic E-state index is -0.806. The van der Waals surface area contributed by atoms with Gasteiger partial charge in [-0.15, -0.1) is 0 Å². The summed E-state index contributed by atoms with van der Waals surface area (Å²) >= 11 is 0. The van der Waals surface area contributed by atoms with Crippen molar-refractivity contribution in [3.8, 4) is 0 Å². The van der Waals surface area contributed by atoms with Gasteiger partial charge in [0.1, 0.15) is 11.6 Å². The molecular formula is C25H41BN2O5. The molecule has 33 heavy (non-hydrogen) atoms. The lowest BCUT2D eigenvalue weighted by Gasteiger charge is -2.32. The van der Waals surface area contributed by atoms with Gasteiger partial charge in [-0.2, -0.15) is 0 Å². The summed E-state index contributed by atoms with van der Waals surface area (Å²) in [6, 6.07) is 8.78. The largest absolute Gasteiger partial charge is 0.481 e. The molecule has 8 heteroatoms. The van der Waals surface area contributed by atoms with Crippen molar-refractivity contribution in [1.82, 2.24) is 10.6 Å². The summed E-state index contributed by atoms with van der Waals surface area (Å²) in [7, 11) is -0.583. The number of alkyl carbamates (subject to hydrolysis) is 1. The highest BCUT2D eigenvalue weighted by atomic mass is 16.7. The maximum absolute atomic E-state index is 13.4. The number of hydrogen-bond acceptors (Lipinski definition) is 5. The topological polar surface area (TPSA) is 85.9 Å². The Hall–Kier alpha value is -2.06. The van der Waals surface area contributed by atoms with Crippen LogP contribution in [0.1, 0.15) is 74.3 Å². The van der Waals surface area contributed by atoms with Gasteiger partial charge in [-0.3, -0.25) is 4.79 Å². The molecule has 1 fully saturated rings. The molecule has 1 heterocycles. The molecule has 1 aliphatic rings. The molecule has 0 radical (unpaired) electrons. The first-order valence-corrected chi connectivity index (χ1v) is 11.8. The number of amides is 2. The van der Waals surface area contributed by atoms with Crippen molar-refractivity contribution < 1.29 is 23.6 Å². The zero-order valence-electron chi connectivity index (χ0n) is 21.7. The van der Waals surface area contributed by atoms with E-state index < -0.39 is 36.1 Å². The summed E-state index contributed by atoms with van der Waals surface area (Å²) in [6.45, 7) is 17.5. The van der Waals surface area contributed by atoms with E-state index in [9.17, 15) is 9.59 Å². The molecule has 0 aliphatic carbocycles. The number of nitrogens with one attached hydrogen (secondary N) is 2. The number of hydrogen-bond donors (Lipinski definition) is 2. The molecule has 1 saturated heterocycles. The van der Waals surface area contributed by atoms with Crippen molar-refractivity contribution >= 4 is 19.1 Å². The van der Waals surface area contributed by atoms with E-state index in [4.69, 9.17) is 14.0 Å². The molecule has 0 unspecified atom stereocenters. The van der Waals surface area contributed by atoms with Crippen LogP contribution in [0.25, 0.3) is 0 Å². The number of carbonyl (C=O) groups excluding carboxylic acids is 2. The van der Waals surface area contributed by atoms with E-state index in [2.05, 4.69) is 24.5 Å². The van der Waals surface area contributed by atoms with Crippen LogP contribution in [0.5, 0.6) is 0 Å². The highest BCUT2D eigenvalue weighted by molar-refractivity contribution is 6.48. The molecule has 1 aromatic rings. The maximum Gasteiger partial charge on any atom is 0.481 e. The molecule has 1 aromatic carbocycles. The van der Waals surface area contributed by atoms with Gasteiger partial charge in [0, 0.05) is 6.42 Å². The number of carbonyl (C=O) groups is 2. The molecule has 0 bridgehead atoms. The van der Waals surface area contributed by atoms with Crippen LogP contribution in [0.3, 0.4) is 0 Å². The third kappa shape index (κ3) is 8.04. The third-order valence-corrected chi connectivity index (χ3v) is 5.94. The van der Waals surface area contributed by atoms with Crippen LogP contribution < -0.4 is 10.6 Å². The Balaban J connectivity index is 2.21. The van der Waals surface area contributed by atoms with Gasteiger partial charge in [0.15, 0.2) is 0 Å². The van der Waals surface area contributed by atoms with Gasteiger partial charge >= 0.3 is 13.2 Å². The van der Waals surface area contributed by atoms with Crippen LogP contribution in [0.2, 0.25) is 0 Å². The van der Waals surface area contributed by atoms with Gasteiger partial charge in [0.2, 0.25) is 5.91 Å². The molecule has 0 saturated carbocycles. The van der Waals surface area contributed by atoms with E-state index in [0.717, 1.165) is 5.56 Å². The molecule has 2 N–H and O–H groups in total. The molecule has 2 atom stereocenters. The normalized spacial score (nSPS) is 19.2. The lowest BCUT2D eigenvalue weighted by molar-refractivity contribution is -0.123. The van der Waals surface area contributed by atoms with Crippen LogP contribution in [0, 0.1) is 5.92 Å². The monoisotopic (exact) mass is 460 g/mol. The summed E-state index contributed by atoms with van der Waals surface area (Å²) in [6.07, 6.45) is 0.381. The van der Waals surface area contributed by atoms with Crippen LogP contribution in [-0.2, 0) is 25.3 Å². The van der Waals surface area contributed by atoms with Crippen LogP contribution in [0.4, 0.5) is 4.79 Å². The SMILES string of the molecule is CC(C)C[C@H](NC(=O)[C@H](Cc1ccccc1)NC(=O)OC(C)(C)C)B1OC(C)(C)C(C)(C)O1. The second-order valence-corrected chi connectivity index (χ2v) is 11.3. The van der Waals surface area contributed by atoms with Gasteiger partial charge in [-0.05, 0) is 66.4 Å². The molecule has 0 aromatic heterocycles. The summed E-state index contributed by atoms with van der Waals surface area (Å²) in [5, 5.41) is 5.84. The van der Waals surface area contributed by atoms with E-state index in [1.807, 2.05) is 58.0 Å². The maximum atomic E-state index is 13.4. The van der Waals surface area contributed by atoms with Crippen molar-refractivity contribution in [2.75, 3.05) is 0 Å². The Labute approximate surface area is 199 Å². The van der Waals surface area contributed by atoms with Gasteiger partial charge in [0.05, 0.1) is 17.1 Å². The van der Waals surface area contributed by atoms with Crippen LogP contribution >= 0.6 is 0 Å². The number of rotatable bonds is 8. The number of ether oxygens (including phenoxy) is 1. The molecule has 184 valence electrons. The Morgan fingerprint density at radius 2 is 1.55 bits per heavy atom. The van der Waals surface area contributed by atoms with E-state index in [0.29, 0.717) is 18.8 Å². The van der Waals surface area contributed by atoms with Gasteiger partial charge in [0.25, 0.3) is 0 Å². The zero-order chi connectivity index (χ0) is 25.0. The van der Waals surface area contributed by atoms with Crippen molar-refractivity contribution in [1.29, 1.82) is 0 Å². The molecule has 1 aliphatic heterocycles. The Kier molecular flexibility index (Phi) is 8.63. The zero-order valence-corrected chi connectivity index (χ0v) is 21.7. The first kappa shape index (κ1) is 27.2. The van der Waals surface area contributed by atoms with Crippen molar-refractivity contribution in [2.45, 2.75) is 104 Å². The summed E-state index contributed by atoms with van der Waals surface area (Å²) in [5.41, 5.74) is -0.739. The predicted octanol–water partition coefficient (Wildman–Crippen LogP) is 4.28. The van der Waals surface area contributed by atoms with Gasteiger partial charge < -0.3 is 24.7 Å². The fraction of sp³-hybridized carbons (Fsp3) is 0.680. The summed E-state index contributed by atoms with van der Waals surface area (Å²) in [4.78, 5) is 25.9. The first-order valence-electron chi connectivity index (χ1n) is 11.8. The average Bonchev–Trinajstić information content (AvgIpc) is 2.87. The Morgan fingerprint density at radius 1 is 1.00 bits per heavy atom. The first-order chi connectivity index (χ1) is 15.1. The average molecular weight is 460 g/mol. The third-order valence-electron chi connectivity index (χ3n) is 5.94. The Bertz CT molecular complexity index is 789. The van der Waals surface area contributed by atoms with E-state index in [1.165, 1.54) is 0 Å². The van der Waals surface area contributed by atoms with Crippen molar-refractivity contribution in [2.24, 2.45) is 5.92 Å². The van der Waals surface area contributed by atoms with Crippen LogP contribution in [0.15, 0.2) is 30.3 Å². The Morgan fingerprint density at radius 3 is 2.03 bits per heavy atom. The fourth-order valence-corrected chi connectivity index (χ4v) is 3.59. The molecule has 0 spiro atoms. The standard InChI is InChI=1S/C25H41BN2O5/c1-17(2)15-20(26-32-24(6,7)25(8,9)33-26)28-21(29)19(16-18-13-11-10-12-14-18)27-22(30)31-23(3,4)5/h10-14,17,19-20H,15-16H2,1-9H3,(H,27,30)(H,28,29)/t19-,20-/m0/s1. The number of benzene rings is 1. The smallest absolute Gasteiger partial charge is 0.444 e. The second kappa shape index (κ2) is 10.5. The van der Waals surface area contributed by atoms with E-state index in [1.54, 1.807) is 20.8 Å². The van der Waals surface area contributed by atoms with Crippen LogP contribution in [-0.4, -0.2) is 47.9 Å². The highest BCUT2D eigenvalue weighted by Gasteiger charge is 2.54. The molecule has 2 rings (SSSR count). The minimum absolute atomic E-state index is 0.301. The minimum Gasteiger partial charge on any atom is -0.444 e. The van der Waals surface area contributed by atoms with Crippen molar-refractivity contribution in [3.05, 3.63) is 35.9 Å². The molecular weight excluding hydrogens is 419 g/mol. The lowest BCUT2D eigenvalue weighted by Crippen LogP contribution is -2.56. The predicted molar refractivity (Wildman–Crippen MR) is 131 cm³/mol. The van der Waals surface area contributed by atoms with E-state index >= 15 is 0 Å². The van der Waals surface area contributed by atoms with Gasteiger partial charge in [-0.1, -0.05) is 44.2 Å². The van der Waals surface area contributed by atoms with E-state index in [-0.39, 0.29) is 11.8 Å².